The zero-order chi connectivity index (χ0) is 23.7. The number of carboxylic acids is 1. The maximum atomic E-state index is 11.5. The standard InChI is InChI=1S/C22H22ClN5O5.ClH/c1-33-18-5-2-12(10-15(18)23)11-16-19-14(3-4-17(20(19)24)28(31)32)21(26-25-16)27-8-6-13(7-9-27)22(29)30;/h2-5,10,13H,6-9,11,24H2,1H3,(H,29,30);1H. The summed E-state index contributed by atoms with van der Waals surface area (Å²) in [4.78, 5) is 24.2. The second-order valence-electron chi connectivity index (χ2n) is 7.89. The first-order valence-electron chi connectivity index (χ1n) is 10.3. The molecule has 12 heteroatoms. The van der Waals surface area contributed by atoms with Gasteiger partial charge < -0.3 is 20.5 Å². The van der Waals surface area contributed by atoms with Gasteiger partial charge in [0.2, 0.25) is 0 Å². The number of anilines is 2. The SMILES string of the molecule is COc1ccc(Cc2nnc(N3CCC(C(=O)O)CC3)c3ccc([N+](=O)[O-])c(N)c23)cc1Cl.Cl. The molecule has 2 aromatic carbocycles. The molecule has 1 fully saturated rings. The second-order valence-corrected chi connectivity index (χ2v) is 8.30. The van der Waals surface area contributed by atoms with Crippen LogP contribution < -0.4 is 15.4 Å². The number of carbonyl (C=O) groups is 1. The lowest BCUT2D eigenvalue weighted by Gasteiger charge is -2.31. The average molecular weight is 508 g/mol. The summed E-state index contributed by atoms with van der Waals surface area (Å²) < 4.78 is 5.19. The summed E-state index contributed by atoms with van der Waals surface area (Å²) in [7, 11) is 1.53. The summed E-state index contributed by atoms with van der Waals surface area (Å²) in [6.07, 6.45) is 1.26. The monoisotopic (exact) mass is 507 g/mol. The van der Waals surface area contributed by atoms with Gasteiger partial charge in [0.15, 0.2) is 5.82 Å². The van der Waals surface area contributed by atoms with Crippen LogP contribution in [0.15, 0.2) is 30.3 Å². The molecule has 0 radical (unpaired) electrons. The van der Waals surface area contributed by atoms with Crippen molar-refractivity contribution in [3.63, 3.8) is 0 Å². The van der Waals surface area contributed by atoms with Crippen LogP contribution in [0.1, 0.15) is 24.1 Å². The van der Waals surface area contributed by atoms with Gasteiger partial charge in [0.25, 0.3) is 5.69 Å². The summed E-state index contributed by atoms with van der Waals surface area (Å²) in [5.74, 6) is -0.136. The van der Waals surface area contributed by atoms with Gasteiger partial charge in [0, 0.05) is 36.3 Å². The zero-order valence-electron chi connectivity index (χ0n) is 18.2. The molecule has 0 amide bonds. The number of nitro benzene ring substituents is 1. The minimum absolute atomic E-state index is 0. The number of aliphatic carboxylic acids is 1. The van der Waals surface area contributed by atoms with Gasteiger partial charge in [-0.1, -0.05) is 17.7 Å². The Balaban J connectivity index is 0.00000324. The topological polar surface area (TPSA) is 145 Å². The van der Waals surface area contributed by atoms with Crippen molar-refractivity contribution in [3.05, 3.63) is 56.7 Å². The largest absolute Gasteiger partial charge is 0.495 e. The minimum atomic E-state index is -0.807. The summed E-state index contributed by atoms with van der Waals surface area (Å²) in [5.41, 5.74) is 7.37. The fourth-order valence-electron chi connectivity index (χ4n) is 4.19. The molecule has 0 saturated carbocycles. The molecule has 180 valence electrons. The Bertz CT molecular complexity index is 1250. The van der Waals surface area contributed by atoms with Crippen LogP contribution in [-0.4, -0.2) is 46.4 Å². The second kappa shape index (κ2) is 10.3. The number of hydrogen-bond acceptors (Lipinski definition) is 8. The number of aromatic nitrogens is 2. The van der Waals surface area contributed by atoms with Crippen molar-refractivity contribution >= 4 is 57.9 Å². The van der Waals surface area contributed by atoms with Crippen molar-refractivity contribution in [2.75, 3.05) is 30.8 Å². The van der Waals surface area contributed by atoms with Crippen LogP contribution in [0, 0.1) is 16.0 Å². The smallest absolute Gasteiger partial charge is 0.306 e. The number of fused-ring (bicyclic) bond motifs is 1. The van der Waals surface area contributed by atoms with E-state index in [1.165, 1.54) is 13.2 Å². The third kappa shape index (κ3) is 4.78. The van der Waals surface area contributed by atoms with Gasteiger partial charge in [-0.05, 0) is 36.6 Å². The van der Waals surface area contributed by atoms with Gasteiger partial charge in [-0.2, -0.15) is 5.10 Å². The summed E-state index contributed by atoms with van der Waals surface area (Å²) in [6.45, 7) is 0.982. The van der Waals surface area contributed by atoms with E-state index in [-0.39, 0.29) is 23.8 Å². The van der Waals surface area contributed by atoms with E-state index in [4.69, 9.17) is 22.1 Å². The predicted octanol–water partition coefficient (Wildman–Crippen LogP) is 4.10. The van der Waals surface area contributed by atoms with Crippen LogP contribution in [0.2, 0.25) is 5.02 Å². The highest BCUT2D eigenvalue weighted by molar-refractivity contribution is 6.32. The molecular formula is C22H23Cl2N5O5. The molecule has 0 aliphatic carbocycles. The van der Waals surface area contributed by atoms with Gasteiger partial charge in [-0.25, -0.2) is 0 Å². The highest BCUT2D eigenvalue weighted by atomic mass is 35.5. The molecule has 1 saturated heterocycles. The molecule has 10 nitrogen and oxygen atoms in total. The van der Waals surface area contributed by atoms with Crippen molar-refractivity contribution in [1.29, 1.82) is 0 Å². The quantitative estimate of drug-likeness (QED) is 0.286. The predicted molar refractivity (Wildman–Crippen MR) is 131 cm³/mol. The highest BCUT2D eigenvalue weighted by Gasteiger charge is 2.28. The highest BCUT2D eigenvalue weighted by Crippen LogP contribution is 2.38. The number of nitrogen functional groups attached to an aromatic ring is 1. The van der Waals surface area contributed by atoms with Gasteiger partial charge in [-0.15, -0.1) is 17.5 Å². The molecule has 4 rings (SSSR count). The number of hydrogen-bond donors (Lipinski definition) is 2. The van der Waals surface area contributed by atoms with E-state index in [1.807, 2.05) is 11.0 Å². The average Bonchev–Trinajstić information content (AvgIpc) is 2.79. The molecule has 1 aromatic heterocycles. The molecule has 0 atom stereocenters. The Kier molecular flexibility index (Phi) is 7.63. The molecule has 3 N–H and O–H groups in total. The molecule has 34 heavy (non-hydrogen) atoms. The number of benzene rings is 2. The lowest BCUT2D eigenvalue weighted by molar-refractivity contribution is -0.383. The Morgan fingerprint density at radius 2 is 2.00 bits per heavy atom. The molecule has 1 aliphatic heterocycles. The van der Waals surface area contributed by atoms with Crippen molar-refractivity contribution in [1.82, 2.24) is 10.2 Å². The van der Waals surface area contributed by atoms with Gasteiger partial charge in [0.05, 0.1) is 28.7 Å². The number of rotatable bonds is 6. The normalized spacial score (nSPS) is 14.0. The number of carboxylic acid groups (broad SMARTS) is 1. The fraction of sp³-hybridized carbons (Fsp3) is 0.318. The van der Waals surface area contributed by atoms with E-state index in [0.29, 0.717) is 65.4 Å². The number of nitro groups is 1. The van der Waals surface area contributed by atoms with E-state index in [9.17, 15) is 20.0 Å². The zero-order valence-corrected chi connectivity index (χ0v) is 19.8. The van der Waals surface area contributed by atoms with Crippen LogP contribution in [0.4, 0.5) is 17.2 Å². The molecule has 2 heterocycles. The Morgan fingerprint density at radius 1 is 1.29 bits per heavy atom. The van der Waals surface area contributed by atoms with Crippen LogP contribution in [0.25, 0.3) is 10.8 Å². The van der Waals surface area contributed by atoms with Gasteiger partial charge >= 0.3 is 5.97 Å². The molecular weight excluding hydrogens is 485 g/mol. The summed E-state index contributed by atoms with van der Waals surface area (Å²) in [5, 5.41) is 31.1. The van der Waals surface area contributed by atoms with Crippen molar-refractivity contribution in [2.45, 2.75) is 19.3 Å². The van der Waals surface area contributed by atoms with E-state index in [0.717, 1.165) is 5.56 Å². The van der Waals surface area contributed by atoms with E-state index in [2.05, 4.69) is 10.2 Å². The summed E-state index contributed by atoms with van der Waals surface area (Å²) >= 11 is 6.25. The van der Waals surface area contributed by atoms with Gasteiger partial charge in [0.1, 0.15) is 11.4 Å². The molecule has 3 aromatic rings. The van der Waals surface area contributed by atoms with Crippen LogP contribution in [-0.2, 0) is 11.2 Å². The van der Waals surface area contributed by atoms with Crippen LogP contribution >= 0.6 is 24.0 Å². The van der Waals surface area contributed by atoms with E-state index < -0.39 is 16.8 Å². The first kappa shape index (κ1) is 25.3. The first-order valence-corrected chi connectivity index (χ1v) is 10.7. The number of methoxy groups -OCH3 is 1. The van der Waals surface area contributed by atoms with Crippen LogP contribution in [0.5, 0.6) is 5.75 Å². The third-order valence-electron chi connectivity index (χ3n) is 5.95. The van der Waals surface area contributed by atoms with E-state index >= 15 is 0 Å². The molecule has 1 aliphatic rings. The fourth-order valence-corrected chi connectivity index (χ4v) is 4.47. The Hall–Kier alpha value is -3.37. The maximum Gasteiger partial charge on any atom is 0.306 e. The lowest BCUT2D eigenvalue weighted by Crippen LogP contribution is -2.37. The van der Waals surface area contributed by atoms with Gasteiger partial charge in [-0.3, -0.25) is 14.9 Å². The van der Waals surface area contributed by atoms with Crippen molar-refractivity contribution in [3.8, 4) is 5.75 Å². The maximum absolute atomic E-state index is 11.5. The Morgan fingerprint density at radius 3 is 2.59 bits per heavy atom. The minimum Gasteiger partial charge on any atom is -0.495 e. The number of ether oxygens (including phenoxy) is 1. The molecule has 0 bridgehead atoms. The number of nitrogens with two attached hydrogens (primary N) is 1. The third-order valence-corrected chi connectivity index (χ3v) is 6.24. The number of halogens is 2. The number of nitrogens with zero attached hydrogens (tertiary/aromatic N) is 4. The molecule has 0 unspecified atom stereocenters. The van der Waals surface area contributed by atoms with Crippen LogP contribution in [0.3, 0.4) is 0 Å². The molecule has 0 spiro atoms. The van der Waals surface area contributed by atoms with Crippen molar-refractivity contribution < 1.29 is 19.6 Å². The van der Waals surface area contributed by atoms with E-state index in [1.54, 1.807) is 18.2 Å². The summed E-state index contributed by atoms with van der Waals surface area (Å²) in [6, 6.07) is 8.30. The van der Waals surface area contributed by atoms with Crippen molar-refractivity contribution in [2.24, 2.45) is 5.92 Å². The number of piperidine rings is 1. The lowest BCUT2D eigenvalue weighted by atomic mass is 9.96. The first-order chi connectivity index (χ1) is 15.8. The Labute approximate surface area is 206 Å².